The van der Waals surface area contributed by atoms with E-state index in [1.54, 1.807) is 28.5 Å². The van der Waals surface area contributed by atoms with Crippen molar-refractivity contribution in [1.82, 2.24) is 29.7 Å². The molecule has 0 spiro atoms. The average molecular weight is 368 g/mol. The summed E-state index contributed by atoms with van der Waals surface area (Å²) in [5, 5.41) is 4.80. The minimum absolute atomic E-state index is 0.0691. The van der Waals surface area contributed by atoms with Gasteiger partial charge in [0.2, 0.25) is 0 Å². The number of hydrogen-bond acceptors (Lipinski definition) is 7. The minimum atomic E-state index is -0.0691. The molecule has 0 radical (unpaired) electrons. The second-order valence-corrected chi connectivity index (χ2v) is 8.02. The van der Waals surface area contributed by atoms with E-state index in [1.165, 1.54) is 10.5 Å². The largest absolute Gasteiger partial charge is 0.306 e. The molecule has 1 N–H and O–H groups in total. The van der Waals surface area contributed by atoms with E-state index in [-0.39, 0.29) is 5.56 Å². The molecule has 5 rings (SSSR count). The quantitative estimate of drug-likeness (QED) is 0.585. The van der Waals surface area contributed by atoms with E-state index in [9.17, 15) is 4.79 Å². The lowest BCUT2D eigenvalue weighted by molar-refractivity contribution is 0.845. The summed E-state index contributed by atoms with van der Waals surface area (Å²) in [4.78, 5) is 29.3. The average Bonchev–Trinajstić information content (AvgIpc) is 3.29. The molecule has 25 heavy (non-hydrogen) atoms. The number of aromatic amines is 1. The monoisotopic (exact) mass is 368 g/mol. The summed E-state index contributed by atoms with van der Waals surface area (Å²) >= 11 is 3.44. The zero-order chi connectivity index (χ0) is 16.8. The first kappa shape index (κ1) is 14.8. The molecule has 0 aliphatic carbocycles. The van der Waals surface area contributed by atoms with Crippen molar-refractivity contribution in [1.29, 1.82) is 0 Å². The molecule has 0 fully saturated rings. The van der Waals surface area contributed by atoms with E-state index in [0.717, 1.165) is 39.9 Å². The number of aromatic nitrogens is 6. The van der Waals surface area contributed by atoms with Crippen LogP contribution in [0.4, 0.5) is 0 Å². The smallest absolute Gasteiger partial charge is 0.260 e. The number of hydrogen-bond donors (Lipinski definition) is 1. The third-order valence-electron chi connectivity index (χ3n) is 4.10. The number of pyridine rings is 1. The summed E-state index contributed by atoms with van der Waals surface area (Å²) in [6.07, 6.45) is 6.80. The topological polar surface area (TPSA) is 89.4 Å². The Kier molecular flexibility index (Phi) is 3.42. The van der Waals surface area contributed by atoms with Gasteiger partial charge in [-0.1, -0.05) is 0 Å². The van der Waals surface area contributed by atoms with Gasteiger partial charge >= 0.3 is 0 Å². The van der Waals surface area contributed by atoms with Crippen molar-refractivity contribution >= 4 is 33.3 Å². The van der Waals surface area contributed by atoms with Gasteiger partial charge in [-0.2, -0.15) is 5.10 Å². The Morgan fingerprint density at radius 1 is 1.28 bits per heavy atom. The van der Waals surface area contributed by atoms with Crippen LogP contribution in [0.5, 0.6) is 0 Å². The number of rotatable bonds is 2. The van der Waals surface area contributed by atoms with E-state index in [0.29, 0.717) is 11.6 Å². The number of fused-ring (bicyclic) bond motifs is 3. The molecule has 0 atom stereocenters. The molecule has 0 unspecified atom stereocenters. The van der Waals surface area contributed by atoms with Crippen molar-refractivity contribution in [2.45, 2.75) is 17.1 Å². The number of thiophene rings is 1. The Morgan fingerprint density at radius 2 is 2.24 bits per heavy atom. The molecule has 1 aliphatic heterocycles. The first-order valence-electron chi connectivity index (χ1n) is 7.79. The van der Waals surface area contributed by atoms with Crippen molar-refractivity contribution in [2.24, 2.45) is 0 Å². The van der Waals surface area contributed by atoms with Crippen molar-refractivity contribution in [3.8, 4) is 17.2 Å². The highest BCUT2D eigenvalue weighted by Gasteiger charge is 2.20. The van der Waals surface area contributed by atoms with Crippen LogP contribution in [0.3, 0.4) is 0 Å². The highest BCUT2D eigenvalue weighted by atomic mass is 32.2. The van der Waals surface area contributed by atoms with E-state index in [4.69, 9.17) is 0 Å². The molecule has 4 aromatic heterocycles. The Labute approximate surface area is 150 Å². The van der Waals surface area contributed by atoms with Crippen LogP contribution >= 0.6 is 23.1 Å². The Bertz CT molecular complexity index is 1110. The van der Waals surface area contributed by atoms with Crippen molar-refractivity contribution in [2.75, 3.05) is 5.75 Å². The highest BCUT2D eigenvalue weighted by Crippen LogP contribution is 2.40. The number of H-pyrrole nitrogens is 1. The number of nitrogens with one attached hydrogen (secondary N) is 1. The number of nitrogens with zero attached hydrogens (tertiary/aromatic N) is 5. The van der Waals surface area contributed by atoms with Crippen LogP contribution in [0.2, 0.25) is 0 Å². The van der Waals surface area contributed by atoms with Crippen LogP contribution in [0.15, 0.2) is 40.0 Å². The fraction of sp³-hybridized carbons (Fsp3) is 0.188. The first-order valence-corrected chi connectivity index (χ1v) is 9.60. The molecule has 5 heterocycles. The van der Waals surface area contributed by atoms with E-state index >= 15 is 0 Å². The maximum absolute atomic E-state index is 12.6. The second-order valence-electron chi connectivity index (χ2n) is 5.66. The van der Waals surface area contributed by atoms with Gasteiger partial charge in [-0.15, -0.1) is 23.1 Å². The lowest BCUT2D eigenvalue weighted by Gasteiger charge is -2.09. The molecule has 7 nitrogen and oxygen atoms in total. The summed E-state index contributed by atoms with van der Waals surface area (Å²) in [6.45, 7) is 0. The van der Waals surface area contributed by atoms with Gasteiger partial charge in [-0.3, -0.25) is 4.79 Å². The van der Waals surface area contributed by atoms with Crippen LogP contribution in [0.1, 0.15) is 12.0 Å². The van der Waals surface area contributed by atoms with Crippen molar-refractivity contribution in [3.63, 3.8) is 0 Å². The lowest BCUT2D eigenvalue weighted by atomic mass is 10.1. The maximum Gasteiger partial charge on any atom is 0.260 e. The third kappa shape index (κ3) is 2.47. The summed E-state index contributed by atoms with van der Waals surface area (Å²) < 4.78 is 2.81. The van der Waals surface area contributed by atoms with E-state index < -0.39 is 0 Å². The molecule has 9 heteroatoms. The maximum atomic E-state index is 12.6. The first-order chi connectivity index (χ1) is 12.3. The normalized spacial score (nSPS) is 13.9. The third-order valence-corrected chi connectivity index (χ3v) is 6.63. The van der Waals surface area contributed by atoms with Gasteiger partial charge in [0.25, 0.3) is 5.56 Å². The predicted molar refractivity (Wildman–Crippen MR) is 97.4 cm³/mol. The Hall–Kier alpha value is -2.52. The van der Waals surface area contributed by atoms with Crippen molar-refractivity contribution in [3.05, 3.63) is 46.9 Å². The van der Waals surface area contributed by atoms with Crippen LogP contribution < -0.4 is 5.56 Å². The SMILES string of the molecule is O=c1[nH]c(-c2ccc(-n3cncn3)nc2)nc2sc3c(c12)CCCS3. The van der Waals surface area contributed by atoms with Gasteiger partial charge in [0.1, 0.15) is 23.3 Å². The molecule has 0 aromatic carbocycles. The van der Waals surface area contributed by atoms with Crippen LogP contribution in [-0.4, -0.2) is 35.5 Å². The molecule has 0 saturated heterocycles. The molecule has 124 valence electrons. The van der Waals surface area contributed by atoms with Gasteiger partial charge in [-0.25, -0.2) is 19.6 Å². The summed E-state index contributed by atoms with van der Waals surface area (Å²) in [5.74, 6) is 2.31. The zero-order valence-electron chi connectivity index (χ0n) is 13.0. The van der Waals surface area contributed by atoms with Gasteiger partial charge in [-0.05, 0) is 36.3 Å². The predicted octanol–water partition coefficient (Wildman–Crippen LogP) is 2.67. The van der Waals surface area contributed by atoms with E-state index in [1.807, 2.05) is 23.9 Å². The van der Waals surface area contributed by atoms with E-state index in [2.05, 4.69) is 25.0 Å². The standard InChI is InChI=1S/C16H12N6OS2/c23-14-12-10-2-1-5-24-16(10)25-15(12)21-13(20-14)9-3-4-11(18-6-9)22-8-17-7-19-22/h3-4,6-8H,1-2,5H2,(H,20,21,23). The zero-order valence-corrected chi connectivity index (χ0v) is 14.6. The summed E-state index contributed by atoms with van der Waals surface area (Å²) in [5.41, 5.74) is 1.86. The van der Waals surface area contributed by atoms with Crippen LogP contribution in [-0.2, 0) is 6.42 Å². The lowest BCUT2D eigenvalue weighted by Crippen LogP contribution is -2.11. The van der Waals surface area contributed by atoms with Gasteiger partial charge in [0, 0.05) is 11.8 Å². The van der Waals surface area contributed by atoms with Gasteiger partial charge < -0.3 is 4.98 Å². The minimum Gasteiger partial charge on any atom is -0.306 e. The molecule has 0 saturated carbocycles. The Balaban J connectivity index is 1.60. The second kappa shape index (κ2) is 5.78. The highest BCUT2D eigenvalue weighted by molar-refractivity contribution is 8.01. The summed E-state index contributed by atoms with van der Waals surface area (Å²) in [6, 6.07) is 3.69. The molecular formula is C16H12N6OS2. The molecule has 0 amide bonds. The van der Waals surface area contributed by atoms with Crippen molar-refractivity contribution < 1.29 is 0 Å². The fourth-order valence-electron chi connectivity index (χ4n) is 2.93. The van der Waals surface area contributed by atoms with Crippen LogP contribution in [0.25, 0.3) is 27.4 Å². The molecular weight excluding hydrogens is 356 g/mol. The number of thioether (sulfide) groups is 1. The molecule has 0 bridgehead atoms. The van der Waals surface area contributed by atoms with Crippen LogP contribution in [0, 0.1) is 0 Å². The molecule has 1 aliphatic rings. The Morgan fingerprint density at radius 3 is 3.04 bits per heavy atom. The molecule has 4 aromatic rings. The van der Waals surface area contributed by atoms with Gasteiger partial charge in [0.05, 0.1) is 9.60 Å². The summed E-state index contributed by atoms with van der Waals surface area (Å²) in [7, 11) is 0. The number of aryl methyl sites for hydroxylation is 1. The fourth-order valence-corrected chi connectivity index (χ4v) is 5.46. The van der Waals surface area contributed by atoms with Gasteiger partial charge in [0.15, 0.2) is 5.82 Å².